The van der Waals surface area contributed by atoms with Gasteiger partial charge in [-0.2, -0.15) is 0 Å². The summed E-state index contributed by atoms with van der Waals surface area (Å²) < 4.78 is 0. The lowest BCUT2D eigenvalue weighted by Crippen LogP contribution is -2.15. The summed E-state index contributed by atoms with van der Waals surface area (Å²) in [5.74, 6) is -0.692. The number of nitrogens with one attached hydrogen (secondary N) is 1. The molecule has 108 valence electrons. The van der Waals surface area contributed by atoms with Crippen LogP contribution in [-0.4, -0.2) is 15.9 Å². The molecule has 0 aliphatic rings. The first-order valence-electron chi connectivity index (χ1n) is 5.94. The number of hydrogen-bond donors (Lipinski definition) is 2. The van der Waals surface area contributed by atoms with Gasteiger partial charge in [-0.3, -0.25) is 14.9 Å². The molecule has 2 N–H and O–H groups in total. The molecule has 0 aliphatic heterocycles. The SMILES string of the molecule is Cc1c(O)cccc1NC(=O)c1c(Cl)cccc1[N+](=O)[O-]. The van der Waals surface area contributed by atoms with E-state index in [1.807, 2.05) is 0 Å². The summed E-state index contributed by atoms with van der Waals surface area (Å²) in [6.45, 7) is 1.62. The highest BCUT2D eigenvalue weighted by Crippen LogP contribution is 2.29. The summed E-state index contributed by atoms with van der Waals surface area (Å²) in [4.78, 5) is 22.6. The molecule has 0 bridgehead atoms. The minimum Gasteiger partial charge on any atom is -0.508 e. The van der Waals surface area contributed by atoms with Crippen LogP contribution < -0.4 is 5.32 Å². The number of hydrogen-bond acceptors (Lipinski definition) is 4. The third-order valence-electron chi connectivity index (χ3n) is 2.97. The third kappa shape index (κ3) is 2.95. The second-order valence-electron chi connectivity index (χ2n) is 4.29. The number of rotatable bonds is 3. The summed E-state index contributed by atoms with van der Waals surface area (Å²) in [6, 6.07) is 8.61. The van der Waals surface area contributed by atoms with Crippen molar-refractivity contribution in [2.24, 2.45) is 0 Å². The summed E-state index contributed by atoms with van der Waals surface area (Å²) in [5, 5.41) is 23.1. The molecular weight excluding hydrogens is 296 g/mol. The smallest absolute Gasteiger partial charge is 0.283 e. The fourth-order valence-corrected chi connectivity index (χ4v) is 2.09. The highest BCUT2D eigenvalue weighted by molar-refractivity contribution is 6.35. The van der Waals surface area contributed by atoms with Crippen LogP contribution in [0.1, 0.15) is 15.9 Å². The summed E-state index contributed by atoms with van der Waals surface area (Å²) in [7, 11) is 0. The van der Waals surface area contributed by atoms with Gasteiger partial charge in [0.25, 0.3) is 11.6 Å². The number of carbonyl (C=O) groups is 1. The number of nitro benzene ring substituents is 1. The van der Waals surface area contributed by atoms with Gasteiger partial charge in [0, 0.05) is 17.3 Å². The first-order chi connectivity index (χ1) is 9.91. The first-order valence-corrected chi connectivity index (χ1v) is 6.32. The average molecular weight is 307 g/mol. The van der Waals surface area contributed by atoms with Crippen LogP contribution in [0.15, 0.2) is 36.4 Å². The van der Waals surface area contributed by atoms with Crippen molar-refractivity contribution in [3.8, 4) is 5.75 Å². The lowest BCUT2D eigenvalue weighted by molar-refractivity contribution is -0.385. The predicted octanol–water partition coefficient (Wildman–Crippen LogP) is 3.51. The van der Waals surface area contributed by atoms with Gasteiger partial charge in [0.05, 0.1) is 9.95 Å². The number of nitrogens with zero attached hydrogens (tertiary/aromatic N) is 1. The zero-order valence-electron chi connectivity index (χ0n) is 11.0. The fourth-order valence-electron chi connectivity index (χ4n) is 1.83. The molecule has 0 fully saturated rings. The maximum Gasteiger partial charge on any atom is 0.283 e. The van der Waals surface area contributed by atoms with Crippen LogP contribution in [0.5, 0.6) is 5.75 Å². The van der Waals surface area contributed by atoms with Gasteiger partial charge in [-0.15, -0.1) is 0 Å². The molecule has 0 heterocycles. The number of benzene rings is 2. The third-order valence-corrected chi connectivity index (χ3v) is 3.28. The van der Waals surface area contributed by atoms with E-state index in [0.717, 1.165) is 0 Å². The van der Waals surface area contributed by atoms with Crippen molar-refractivity contribution in [1.82, 2.24) is 0 Å². The van der Waals surface area contributed by atoms with Gasteiger partial charge in [-0.05, 0) is 25.1 Å². The van der Waals surface area contributed by atoms with Crippen LogP contribution in [0.3, 0.4) is 0 Å². The normalized spacial score (nSPS) is 10.2. The maximum absolute atomic E-state index is 12.2. The monoisotopic (exact) mass is 306 g/mol. The highest BCUT2D eigenvalue weighted by atomic mass is 35.5. The number of aromatic hydroxyl groups is 1. The van der Waals surface area contributed by atoms with E-state index in [1.54, 1.807) is 19.1 Å². The van der Waals surface area contributed by atoms with Gasteiger partial charge in [0.2, 0.25) is 0 Å². The quantitative estimate of drug-likeness (QED) is 0.670. The van der Waals surface area contributed by atoms with Crippen molar-refractivity contribution < 1.29 is 14.8 Å². The molecular formula is C14H11ClN2O4. The van der Waals surface area contributed by atoms with Gasteiger partial charge in [-0.25, -0.2) is 0 Å². The number of nitro groups is 1. The molecule has 0 radical (unpaired) electrons. The molecule has 0 unspecified atom stereocenters. The summed E-state index contributed by atoms with van der Waals surface area (Å²) in [5.41, 5.74) is 0.222. The maximum atomic E-state index is 12.2. The number of amides is 1. The second-order valence-corrected chi connectivity index (χ2v) is 4.70. The molecule has 0 saturated carbocycles. The molecule has 21 heavy (non-hydrogen) atoms. The van der Waals surface area contributed by atoms with Crippen molar-refractivity contribution in [2.45, 2.75) is 6.92 Å². The highest BCUT2D eigenvalue weighted by Gasteiger charge is 2.23. The van der Waals surface area contributed by atoms with Crippen molar-refractivity contribution in [3.63, 3.8) is 0 Å². The predicted molar refractivity (Wildman–Crippen MR) is 78.9 cm³/mol. The zero-order chi connectivity index (χ0) is 15.6. The van der Waals surface area contributed by atoms with E-state index in [4.69, 9.17) is 11.6 Å². The van der Waals surface area contributed by atoms with Crippen LogP contribution in [-0.2, 0) is 0 Å². The summed E-state index contributed by atoms with van der Waals surface area (Å²) >= 11 is 5.89. The van der Waals surface area contributed by atoms with E-state index in [-0.39, 0.29) is 22.0 Å². The van der Waals surface area contributed by atoms with Crippen molar-refractivity contribution in [2.75, 3.05) is 5.32 Å². The Labute approximate surface area is 125 Å². The van der Waals surface area contributed by atoms with Crippen molar-refractivity contribution >= 4 is 28.9 Å². The standard InChI is InChI=1S/C14H11ClN2O4/c1-8-10(5-3-7-12(8)18)16-14(19)13-9(15)4-2-6-11(13)17(20)21/h2-7,18H,1H3,(H,16,19). The van der Waals surface area contributed by atoms with Crippen LogP contribution >= 0.6 is 11.6 Å². The van der Waals surface area contributed by atoms with E-state index >= 15 is 0 Å². The van der Waals surface area contributed by atoms with E-state index in [0.29, 0.717) is 11.3 Å². The topological polar surface area (TPSA) is 92.5 Å². The van der Waals surface area contributed by atoms with Crippen LogP contribution in [0.25, 0.3) is 0 Å². The van der Waals surface area contributed by atoms with Gasteiger partial charge in [-0.1, -0.05) is 23.7 Å². The van der Waals surface area contributed by atoms with Crippen LogP contribution in [0.4, 0.5) is 11.4 Å². The lowest BCUT2D eigenvalue weighted by Gasteiger charge is -2.10. The number of halogens is 1. The number of phenolic OH excluding ortho intramolecular Hbond substituents is 1. The number of carbonyl (C=O) groups excluding carboxylic acids is 1. The Morgan fingerprint density at radius 2 is 1.95 bits per heavy atom. The van der Waals surface area contributed by atoms with Gasteiger partial charge >= 0.3 is 0 Å². The van der Waals surface area contributed by atoms with Crippen molar-refractivity contribution in [1.29, 1.82) is 0 Å². The van der Waals surface area contributed by atoms with Gasteiger partial charge < -0.3 is 10.4 Å². The molecule has 2 aromatic rings. The Hall–Kier alpha value is -2.60. The molecule has 0 aliphatic carbocycles. The molecule has 2 rings (SSSR count). The molecule has 0 spiro atoms. The molecule has 0 atom stereocenters. The molecule has 0 saturated heterocycles. The minimum atomic E-state index is -0.707. The minimum absolute atomic E-state index is 0.0143. The Morgan fingerprint density at radius 1 is 1.29 bits per heavy atom. The average Bonchev–Trinajstić information content (AvgIpc) is 2.43. The van der Waals surface area contributed by atoms with E-state index in [9.17, 15) is 20.0 Å². The largest absolute Gasteiger partial charge is 0.508 e. The molecule has 1 amide bonds. The zero-order valence-corrected chi connectivity index (χ0v) is 11.7. The van der Waals surface area contributed by atoms with Gasteiger partial charge in [0.15, 0.2) is 0 Å². The molecule has 6 nitrogen and oxygen atoms in total. The Morgan fingerprint density at radius 3 is 2.62 bits per heavy atom. The number of phenols is 1. The van der Waals surface area contributed by atoms with E-state index < -0.39 is 10.8 Å². The van der Waals surface area contributed by atoms with Crippen LogP contribution in [0, 0.1) is 17.0 Å². The Kier molecular flexibility index (Phi) is 4.09. The van der Waals surface area contributed by atoms with E-state index in [2.05, 4.69) is 5.32 Å². The van der Waals surface area contributed by atoms with Crippen LogP contribution in [0.2, 0.25) is 5.02 Å². The Balaban J connectivity index is 2.42. The summed E-state index contributed by atoms with van der Waals surface area (Å²) in [6.07, 6.45) is 0. The van der Waals surface area contributed by atoms with Gasteiger partial charge in [0.1, 0.15) is 11.3 Å². The lowest BCUT2D eigenvalue weighted by atomic mass is 10.1. The van der Waals surface area contributed by atoms with Crippen molar-refractivity contribution in [3.05, 3.63) is 62.7 Å². The molecule has 7 heteroatoms. The molecule has 0 aromatic heterocycles. The number of anilines is 1. The molecule has 2 aromatic carbocycles. The second kappa shape index (κ2) is 5.80. The fraction of sp³-hybridized carbons (Fsp3) is 0.0714. The van der Waals surface area contributed by atoms with E-state index in [1.165, 1.54) is 24.3 Å². The first kappa shape index (κ1) is 14.8. The Bertz CT molecular complexity index is 731.